The molecule has 0 aliphatic carbocycles. The van der Waals surface area contributed by atoms with Gasteiger partial charge < -0.3 is 19.3 Å². The predicted octanol–water partition coefficient (Wildman–Crippen LogP) is 4.90. The van der Waals surface area contributed by atoms with E-state index in [9.17, 15) is 4.79 Å². The Balaban J connectivity index is 1.37. The van der Waals surface area contributed by atoms with Gasteiger partial charge >= 0.3 is 0 Å². The number of nitrogens with one attached hydrogen (secondary N) is 1. The summed E-state index contributed by atoms with van der Waals surface area (Å²) in [6.45, 7) is 8.59. The molecule has 2 aromatic carbocycles. The van der Waals surface area contributed by atoms with E-state index in [2.05, 4.69) is 53.3 Å². The average molecular weight is 479 g/mol. The van der Waals surface area contributed by atoms with Crippen molar-refractivity contribution < 1.29 is 18.8 Å². The lowest BCUT2D eigenvalue weighted by atomic mass is 9.87. The van der Waals surface area contributed by atoms with E-state index in [1.165, 1.54) is 5.56 Å². The van der Waals surface area contributed by atoms with E-state index in [0.29, 0.717) is 42.0 Å². The number of benzene rings is 2. The second-order valence-electron chi connectivity index (χ2n) is 9.97. The van der Waals surface area contributed by atoms with Crippen molar-refractivity contribution in [1.82, 2.24) is 15.0 Å². The van der Waals surface area contributed by atoms with Crippen molar-refractivity contribution in [3.8, 4) is 22.9 Å². The molecule has 1 aliphatic rings. The summed E-state index contributed by atoms with van der Waals surface area (Å²) in [6, 6.07) is 13.6. The number of hydrogen-bond acceptors (Lipinski definition) is 7. The molecule has 186 valence electrons. The fourth-order valence-electron chi connectivity index (χ4n) is 4.30. The van der Waals surface area contributed by atoms with Crippen LogP contribution in [0.2, 0.25) is 0 Å². The first-order valence-electron chi connectivity index (χ1n) is 12.0. The molecule has 1 saturated heterocycles. The Bertz CT molecular complexity index is 1150. The van der Waals surface area contributed by atoms with E-state index in [0.717, 1.165) is 24.9 Å². The van der Waals surface area contributed by atoms with Crippen LogP contribution in [-0.4, -0.2) is 48.3 Å². The van der Waals surface area contributed by atoms with Gasteiger partial charge in [-0.2, -0.15) is 4.98 Å². The zero-order chi connectivity index (χ0) is 25.0. The highest BCUT2D eigenvalue weighted by atomic mass is 16.5. The van der Waals surface area contributed by atoms with Crippen LogP contribution in [0.3, 0.4) is 0 Å². The van der Waals surface area contributed by atoms with Gasteiger partial charge in [-0.1, -0.05) is 50.2 Å². The first-order chi connectivity index (χ1) is 16.8. The van der Waals surface area contributed by atoms with E-state index >= 15 is 0 Å². The molecule has 0 radical (unpaired) electrons. The number of amides is 1. The molecule has 4 rings (SSSR count). The number of nitrogens with zero attached hydrogens (tertiary/aromatic N) is 3. The second kappa shape index (κ2) is 10.5. The highest BCUT2D eigenvalue weighted by Gasteiger charge is 2.27. The van der Waals surface area contributed by atoms with Gasteiger partial charge in [0.1, 0.15) is 11.5 Å². The number of methoxy groups -OCH3 is 2. The van der Waals surface area contributed by atoms with Crippen molar-refractivity contribution in [3.05, 3.63) is 53.9 Å². The van der Waals surface area contributed by atoms with Crippen molar-refractivity contribution in [1.29, 1.82) is 0 Å². The fourth-order valence-corrected chi connectivity index (χ4v) is 4.30. The van der Waals surface area contributed by atoms with Crippen LogP contribution in [0, 0.1) is 5.92 Å². The zero-order valence-electron chi connectivity index (χ0n) is 21.1. The third-order valence-corrected chi connectivity index (χ3v) is 6.38. The van der Waals surface area contributed by atoms with Crippen LogP contribution in [-0.2, 0) is 16.8 Å². The summed E-state index contributed by atoms with van der Waals surface area (Å²) < 4.78 is 16.2. The third kappa shape index (κ3) is 6.00. The second-order valence-corrected chi connectivity index (χ2v) is 9.97. The van der Waals surface area contributed by atoms with Gasteiger partial charge in [0.2, 0.25) is 17.6 Å². The molecule has 8 nitrogen and oxygen atoms in total. The largest absolute Gasteiger partial charge is 0.497 e. The van der Waals surface area contributed by atoms with Crippen LogP contribution in [0.15, 0.2) is 47.0 Å². The van der Waals surface area contributed by atoms with Crippen LogP contribution in [0.25, 0.3) is 11.4 Å². The number of hydrogen-bond donors (Lipinski definition) is 1. The quantitative estimate of drug-likeness (QED) is 0.516. The van der Waals surface area contributed by atoms with E-state index in [1.807, 2.05) is 12.1 Å². The fraction of sp³-hybridized carbons (Fsp3) is 0.444. The summed E-state index contributed by atoms with van der Waals surface area (Å²) in [5.41, 5.74) is 2.91. The van der Waals surface area contributed by atoms with Gasteiger partial charge in [-0.3, -0.25) is 9.69 Å². The monoisotopic (exact) mass is 478 g/mol. The predicted molar refractivity (Wildman–Crippen MR) is 135 cm³/mol. The third-order valence-electron chi connectivity index (χ3n) is 6.38. The van der Waals surface area contributed by atoms with Gasteiger partial charge in [0, 0.05) is 18.2 Å². The van der Waals surface area contributed by atoms with Gasteiger partial charge in [-0.15, -0.1) is 0 Å². The summed E-state index contributed by atoms with van der Waals surface area (Å²) in [7, 11) is 3.17. The van der Waals surface area contributed by atoms with Crippen LogP contribution in [0.4, 0.5) is 5.69 Å². The lowest BCUT2D eigenvalue weighted by Gasteiger charge is -2.31. The molecule has 2 heterocycles. The van der Waals surface area contributed by atoms with Crippen LogP contribution in [0.1, 0.15) is 45.1 Å². The minimum Gasteiger partial charge on any atom is -0.497 e. The van der Waals surface area contributed by atoms with E-state index in [-0.39, 0.29) is 17.2 Å². The molecule has 0 saturated carbocycles. The minimum absolute atomic E-state index is 0.0247. The number of piperidine rings is 1. The van der Waals surface area contributed by atoms with Gasteiger partial charge in [-0.05, 0) is 42.5 Å². The van der Waals surface area contributed by atoms with Crippen molar-refractivity contribution in [2.45, 2.75) is 45.6 Å². The Morgan fingerprint density at radius 3 is 2.60 bits per heavy atom. The van der Waals surface area contributed by atoms with Crippen LogP contribution >= 0.6 is 0 Å². The maximum absolute atomic E-state index is 13.0. The number of likely N-dealkylation sites (tertiary alicyclic amines) is 1. The Kier molecular flexibility index (Phi) is 7.40. The Labute approximate surface area is 206 Å². The van der Waals surface area contributed by atoms with Gasteiger partial charge in [0.25, 0.3) is 0 Å². The standard InChI is InChI=1S/C27H34N4O4/c1-27(2,3)20-10-8-18(9-11-20)25-29-24(35-30-25)17-31-14-6-7-19(16-31)26(32)28-22-13-12-21(33-4)15-23(22)34-5/h8-13,15,19H,6-7,14,16-17H2,1-5H3,(H,28,32). The molecule has 1 atom stereocenters. The molecule has 0 spiro atoms. The Morgan fingerprint density at radius 1 is 1.14 bits per heavy atom. The molecule has 3 aromatic rings. The summed E-state index contributed by atoms with van der Waals surface area (Å²) in [4.78, 5) is 19.8. The van der Waals surface area contributed by atoms with Gasteiger partial charge in [0.05, 0.1) is 32.4 Å². The average Bonchev–Trinajstić information content (AvgIpc) is 3.32. The van der Waals surface area contributed by atoms with Crippen LogP contribution < -0.4 is 14.8 Å². The number of aromatic nitrogens is 2. The summed E-state index contributed by atoms with van der Waals surface area (Å²) in [5.74, 6) is 2.22. The highest BCUT2D eigenvalue weighted by molar-refractivity contribution is 5.94. The Morgan fingerprint density at radius 2 is 1.91 bits per heavy atom. The topological polar surface area (TPSA) is 89.7 Å². The number of carbonyl (C=O) groups is 1. The number of ether oxygens (including phenoxy) is 2. The van der Waals surface area contributed by atoms with E-state index < -0.39 is 0 Å². The molecule has 1 fully saturated rings. The molecule has 1 aliphatic heterocycles. The molecular weight excluding hydrogens is 444 g/mol. The van der Waals surface area contributed by atoms with Gasteiger partial charge in [0.15, 0.2) is 0 Å². The first kappa shape index (κ1) is 24.7. The summed E-state index contributed by atoms with van der Waals surface area (Å²) >= 11 is 0. The SMILES string of the molecule is COc1ccc(NC(=O)C2CCCN(Cc3nc(-c4ccc(C(C)(C)C)cc4)no3)C2)c(OC)c1. The molecule has 0 bridgehead atoms. The molecule has 1 aromatic heterocycles. The lowest BCUT2D eigenvalue weighted by Crippen LogP contribution is -2.40. The normalized spacial score (nSPS) is 16.7. The Hall–Kier alpha value is -3.39. The van der Waals surface area contributed by atoms with E-state index in [4.69, 9.17) is 14.0 Å². The number of anilines is 1. The van der Waals surface area contributed by atoms with Crippen molar-refractivity contribution in [3.63, 3.8) is 0 Å². The van der Waals surface area contributed by atoms with Crippen molar-refractivity contribution >= 4 is 11.6 Å². The summed E-state index contributed by atoms with van der Waals surface area (Å²) in [6.07, 6.45) is 1.75. The van der Waals surface area contributed by atoms with Crippen molar-refractivity contribution in [2.75, 3.05) is 32.6 Å². The first-order valence-corrected chi connectivity index (χ1v) is 12.0. The van der Waals surface area contributed by atoms with Crippen LogP contribution in [0.5, 0.6) is 11.5 Å². The molecule has 1 N–H and O–H groups in total. The highest BCUT2D eigenvalue weighted by Crippen LogP contribution is 2.30. The smallest absolute Gasteiger partial charge is 0.241 e. The van der Waals surface area contributed by atoms with Crippen molar-refractivity contribution in [2.24, 2.45) is 5.92 Å². The maximum atomic E-state index is 13.0. The maximum Gasteiger partial charge on any atom is 0.241 e. The lowest BCUT2D eigenvalue weighted by molar-refractivity contribution is -0.121. The molecule has 35 heavy (non-hydrogen) atoms. The molecule has 8 heteroatoms. The molecule has 1 unspecified atom stereocenters. The zero-order valence-corrected chi connectivity index (χ0v) is 21.1. The van der Waals surface area contributed by atoms with E-state index in [1.54, 1.807) is 32.4 Å². The molecule has 1 amide bonds. The summed E-state index contributed by atoms with van der Waals surface area (Å²) in [5, 5.41) is 7.18. The number of carbonyl (C=O) groups excluding carboxylic acids is 1. The number of rotatable bonds is 7. The minimum atomic E-state index is -0.136. The molecular formula is C27H34N4O4. The van der Waals surface area contributed by atoms with Gasteiger partial charge in [-0.25, -0.2) is 0 Å².